The molecule has 0 saturated heterocycles. The maximum absolute atomic E-state index is 6.08. The molecule has 0 aliphatic heterocycles. The van der Waals surface area contributed by atoms with E-state index in [-0.39, 0.29) is 0 Å². The monoisotopic (exact) mass is 302 g/mol. The SMILES string of the molecule is CC(c1cccc(Cl)c1)N(C)CC(CN)c1ccccc1. The van der Waals surface area contributed by atoms with E-state index >= 15 is 0 Å². The van der Waals surface area contributed by atoms with E-state index in [0.29, 0.717) is 18.5 Å². The van der Waals surface area contributed by atoms with Crippen molar-refractivity contribution < 1.29 is 0 Å². The molecule has 0 spiro atoms. The van der Waals surface area contributed by atoms with Crippen molar-refractivity contribution in [1.29, 1.82) is 0 Å². The molecule has 21 heavy (non-hydrogen) atoms. The van der Waals surface area contributed by atoms with E-state index in [1.807, 2.05) is 24.3 Å². The van der Waals surface area contributed by atoms with Crippen LogP contribution in [-0.2, 0) is 0 Å². The van der Waals surface area contributed by atoms with Crippen LogP contribution < -0.4 is 5.73 Å². The standard InChI is InChI=1S/C18H23ClN2/c1-14(16-9-6-10-18(19)11-16)21(2)13-17(12-20)15-7-4-3-5-8-15/h3-11,14,17H,12-13,20H2,1-2H3. The molecule has 2 unspecified atom stereocenters. The normalized spacial score (nSPS) is 14.1. The van der Waals surface area contributed by atoms with Gasteiger partial charge in [0.1, 0.15) is 0 Å². The highest BCUT2D eigenvalue weighted by Crippen LogP contribution is 2.24. The van der Waals surface area contributed by atoms with Gasteiger partial charge in [-0.1, -0.05) is 54.1 Å². The topological polar surface area (TPSA) is 29.3 Å². The molecule has 2 aromatic rings. The van der Waals surface area contributed by atoms with Gasteiger partial charge in [-0.3, -0.25) is 4.90 Å². The Kier molecular flexibility index (Phi) is 5.80. The lowest BCUT2D eigenvalue weighted by molar-refractivity contribution is 0.246. The molecule has 3 heteroatoms. The molecule has 0 amide bonds. The number of hydrogen-bond donors (Lipinski definition) is 1. The molecule has 0 bridgehead atoms. The molecule has 2 rings (SSSR count). The van der Waals surface area contributed by atoms with E-state index in [1.54, 1.807) is 0 Å². The van der Waals surface area contributed by atoms with Crippen molar-refractivity contribution in [3.05, 3.63) is 70.7 Å². The van der Waals surface area contributed by atoms with Gasteiger partial charge in [-0.05, 0) is 37.2 Å². The molecule has 2 aromatic carbocycles. The fourth-order valence-corrected chi connectivity index (χ4v) is 2.77. The van der Waals surface area contributed by atoms with Crippen LogP contribution in [0.3, 0.4) is 0 Å². The van der Waals surface area contributed by atoms with Gasteiger partial charge in [0.2, 0.25) is 0 Å². The molecule has 0 aliphatic carbocycles. The van der Waals surface area contributed by atoms with Gasteiger partial charge in [-0.15, -0.1) is 0 Å². The first kappa shape index (κ1) is 16.0. The Morgan fingerprint density at radius 2 is 1.71 bits per heavy atom. The van der Waals surface area contributed by atoms with Gasteiger partial charge in [-0.2, -0.15) is 0 Å². The molecule has 0 aromatic heterocycles. The van der Waals surface area contributed by atoms with Crippen LogP contribution >= 0.6 is 11.6 Å². The van der Waals surface area contributed by atoms with E-state index in [9.17, 15) is 0 Å². The maximum Gasteiger partial charge on any atom is 0.0409 e. The lowest BCUT2D eigenvalue weighted by Gasteiger charge is -2.29. The van der Waals surface area contributed by atoms with Crippen molar-refractivity contribution in [1.82, 2.24) is 4.90 Å². The van der Waals surface area contributed by atoms with Crippen molar-refractivity contribution in [2.75, 3.05) is 20.1 Å². The lowest BCUT2D eigenvalue weighted by atomic mass is 9.97. The van der Waals surface area contributed by atoms with Crippen LogP contribution in [0.15, 0.2) is 54.6 Å². The first-order chi connectivity index (χ1) is 10.1. The number of nitrogens with two attached hydrogens (primary N) is 1. The highest BCUT2D eigenvalue weighted by atomic mass is 35.5. The zero-order valence-electron chi connectivity index (χ0n) is 12.7. The number of likely N-dealkylation sites (N-methyl/N-ethyl adjacent to an activating group) is 1. The minimum Gasteiger partial charge on any atom is -0.330 e. The molecule has 2 atom stereocenters. The van der Waals surface area contributed by atoms with Crippen LogP contribution in [0, 0.1) is 0 Å². The maximum atomic E-state index is 6.08. The fraction of sp³-hybridized carbons (Fsp3) is 0.333. The molecular formula is C18H23ClN2. The first-order valence-corrected chi connectivity index (χ1v) is 7.70. The van der Waals surface area contributed by atoms with Crippen molar-refractivity contribution in [2.24, 2.45) is 5.73 Å². The molecule has 0 aliphatic rings. The molecular weight excluding hydrogens is 280 g/mol. The fourth-order valence-electron chi connectivity index (χ4n) is 2.57. The Morgan fingerprint density at radius 3 is 2.33 bits per heavy atom. The van der Waals surface area contributed by atoms with E-state index in [1.165, 1.54) is 11.1 Å². The second-order valence-electron chi connectivity index (χ2n) is 5.51. The predicted molar refractivity (Wildman–Crippen MR) is 90.7 cm³/mol. The highest BCUT2D eigenvalue weighted by molar-refractivity contribution is 6.30. The van der Waals surface area contributed by atoms with Crippen LogP contribution in [0.1, 0.15) is 30.0 Å². The van der Waals surface area contributed by atoms with E-state index in [4.69, 9.17) is 17.3 Å². The molecule has 112 valence electrons. The minimum atomic E-state index is 0.307. The lowest BCUT2D eigenvalue weighted by Crippen LogP contribution is -2.30. The number of benzene rings is 2. The van der Waals surface area contributed by atoms with Crippen LogP contribution in [0.5, 0.6) is 0 Å². The average molecular weight is 303 g/mol. The van der Waals surface area contributed by atoms with Crippen LogP contribution in [-0.4, -0.2) is 25.0 Å². The summed E-state index contributed by atoms with van der Waals surface area (Å²) < 4.78 is 0. The quantitative estimate of drug-likeness (QED) is 0.871. The van der Waals surface area contributed by atoms with E-state index in [2.05, 4.69) is 49.2 Å². The molecule has 0 saturated carbocycles. The van der Waals surface area contributed by atoms with Gasteiger partial charge in [0, 0.05) is 30.1 Å². The van der Waals surface area contributed by atoms with Crippen molar-refractivity contribution >= 4 is 11.6 Å². The largest absolute Gasteiger partial charge is 0.330 e. The highest BCUT2D eigenvalue weighted by Gasteiger charge is 2.17. The number of nitrogens with zero attached hydrogens (tertiary/aromatic N) is 1. The zero-order chi connectivity index (χ0) is 15.2. The summed E-state index contributed by atoms with van der Waals surface area (Å²) in [6, 6.07) is 18.8. The molecule has 2 nitrogen and oxygen atoms in total. The third-order valence-corrected chi connectivity index (χ3v) is 4.29. The third-order valence-electron chi connectivity index (χ3n) is 4.06. The van der Waals surface area contributed by atoms with Gasteiger partial charge in [0.15, 0.2) is 0 Å². The van der Waals surface area contributed by atoms with Crippen LogP contribution in [0.2, 0.25) is 5.02 Å². The number of hydrogen-bond acceptors (Lipinski definition) is 2. The summed E-state index contributed by atoms with van der Waals surface area (Å²) >= 11 is 6.08. The van der Waals surface area contributed by atoms with Crippen LogP contribution in [0.4, 0.5) is 0 Å². The summed E-state index contributed by atoms with van der Waals surface area (Å²) in [5, 5.41) is 0.784. The molecule has 0 heterocycles. The Bertz CT molecular complexity index is 556. The summed E-state index contributed by atoms with van der Waals surface area (Å²) in [6.45, 7) is 3.77. The summed E-state index contributed by atoms with van der Waals surface area (Å²) in [4.78, 5) is 2.33. The number of halogens is 1. The zero-order valence-corrected chi connectivity index (χ0v) is 13.4. The third kappa shape index (κ3) is 4.31. The van der Waals surface area contributed by atoms with Crippen molar-refractivity contribution in [3.63, 3.8) is 0 Å². The summed E-state index contributed by atoms with van der Waals surface area (Å²) in [5.74, 6) is 0.345. The Hall–Kier alpha value is -1.35. The van der Waals surface area contributed by atoms with Crippen molar-refractivity contribution in [3.8, 4) is 0 Å². The van der Waals surface area contributed by atoms with E-state index in [0.717, 1.165) is 11.6 Å². The molecule has 0 fully saturated rings. The van der Waals surface area contributed by atoms with Gasteiger partial charge >= 0.3 is 0 Å². The van der Waals surface area contributed by atoms with Gasteiger partial charge in [0.25, 0.3) is 0 Å². The minimum absolute atomic E-state index is 0.307. The van der Waals surface area contributed by atoms with Gasteiger partial charge < -0.3 is 5.73 Å². The smallest absolute Gasteiger partial charge is 0.0409 e. The first-order valence-electron chi connectivity index (χ1n) is 7.32. The number of rotatable bonds is 6. The summed E-state index contributed by atoms with van der Waals surface area (Å²) in [5.41, 5.74) is 8.50. The second kappa shape index (κ2) is 7.60. The Labute approximate surface area is 132 Å². The summed E-state index contributed by atoms with van der Waals surface area (Å²) in [6.07, 6.45) is 0. The Balaban J connectivity index is 2.07. The molecule has 0 radical (unpaired) electrons. The second-order valence-corrected chi connectivity index (χ2v) is 5.95. The molecule has 2 N–H and O–H groups in total. The van der Waals surface area contributed by atoms with E-state index < -0.39 is 0 Å². The Morgan fingerprint density at radius 1 is 1.05 bits per heavy atom. The van der Waals surface area contributed by atoms with Crippen LogP contribution in [0.25, 0.3) is 0 Å². The average Bonchev–Trinajstić information content (AvgIpc) is 2.52. The van der Waals surface area contributed by atoms with Crippen molar-refractivity contribution in [2.45, 2.75) is 18.9 Å². The summed E-state index contributed by atoms with van der Waals surface area (Å²) in [7, 11) is 2.14. The van der Waals surface area contributed by atoms with Gasteiger partial charge in [0.05, 0.1) is 0 Å². The van der Waals surface area contributed by atoms with Gasteiger partial charge in [-0.25, -0.2) is 0 Å². The predicted octanol–water partition coefficient (Wildman–Crippen LogP) is 4.08.